The Labute approximate surface area is 101 Å². The SMILES string of the molecule is Cc1c(NN)ncnc1NC1CC2CCC1C2. The summed E-state index contributed by atoms with van der Waals surface area (Å²) >= 11 is 0. The molecule has 0 aromatic carbocycles. The van der Waals surface area contributed by atoms with Gasteiger partial charge in [0.15, 0.2) is 0 Å². The molecule has 1 aromatic rings. The second kappa shape index (κ2) is 4.14. The maximum absolute atomic E-state index is 5.42. The summed E-state index contributed by atoms with van der Waals surface area (Å²) < 4.78 is 0. The van der Waals surface area contributed by atoms with Gasteiger partial charge in [-0.2, -0.15) is 0 Å². The summed E-state index contributed by atoms with van der Waals surface area (Å²) in [5.41, 5.74) is 3.60. The molecule has 92 valence electrons. The van der Waals surface area contributed by atoms with Crippen LogP contribution in [0.4, 0.5) is 11.6 Å². The van der Waals surface area contributed by atoms with Gasteiger partial charge < -0.3 is 10.7 Å². The van der Waals surface area contributed by atoms with E-state index in [0.29, 0.717) is 11.9 Å². The minimum absolute atomic E-state index is 0.591. The first kappa shape index (κ1) is 10.8. The van der Waals surface area contributed by atoms with Crippen molar-refractivity contribution in [3.8, 4) is 0 Å². The monoisotopic (exact) mass is 233 g/mol. The van der Waals surface area contributed by atoms with Crippen molar-refractivity contribution in [2.75, 3.05) is 10.7 Å². The van der Waals surface area contributed by atoms with Crippen LogP contribution in [0.5, 0.6) is 0 Å². The highest BCUT2D eigenvalue weighted by Crippen LogP contribution is 2.45. The molecule has 0 amide bonds. The minimum atomic E-state index is 0.591. The molecule has 2 aliphatic carbocycles. The molecule has 17 heavy (non-hydrogen) atoms. The van der Waals surface area contributed by atoms with Gasteiger partial charge in [0.25, 0.3) is 0 Å². The molecular weight excluding hydrogens is 214 g/mol. The number of nitrogens with two attached hydrogens (primary N) is 1. The van der Waals surface area contributed by atoms with E-state index in [-0.39, 0.29) is 0 Å². The molecule has 3 rings (SSSR count). The predicted molar refractivity (Wildman–Crippen MR) is 67.4 cm³/mol. The Bertz CT molecular complexity index is 419. The van der Waals surface area contributed by atoms with E-state index in [0.717, 1.165) is 23.2 Å². The van der Waals surface area contributed by atoms with E-state index < -0.39 is 0 Å². The lowest BCUT2D eigenvalue weighted by Crippen LogP contribution is -2.27. The Morgan fingerprint density at radius 1 is 1.24 bits per heavy atom. The second-order valence-electron chi connectivity index (χ2n) is 5.27. The van der Waals surface area contributed by atoms with Crippen LogP contribution in [-0.2, 0) is 0 Å². The lowest BCUT2D eigenvalue weighted by molar-refractivity contribution is 0.438. The van der Waals surface area contributed by atoms with Crippen LogP contribution >= 0.6 is 0 Å². The van der Waals surface area contributed by atoms with E-state index in [1.807, 2.05) is 6.92 Å². The van der Waals surface area contributed by atoms with Gasteiger partial charge in [-0.05, 0) is 38.0 Å². The van der Waals surface area contributed by atoms with Crippen LogP contribution in [0.2, 0.25) is 0 Å². The number of nitrogens with zero attached hydrogens (tertiary/aromatic N) is 2. The fourth-order valence-electron chi connectivity index (χ4n) is 3.34. The molecule has 2 aliphatic rings. The van der Waals surface area contributed by atoms with Crippen molar-refractivity contribution < 1.29 is 0 Å². The molecule has 1 heterocycles. The quantitative estimate of drug-likeness (QED) is 0.547. The van der Waals surface area contributed by atoms with E-state index in [9.17, 15) is 0 Å². The lowest BCUT2D eigenvalue weighted by atomic mass is 9.95. The molecule has 3 unspecified atom stereocenters. The average Bonchev–Trinajstić information content (AvgIpc) is 2.94. The van der Waals surface area contributed by atoms with Crippen LogP contribution in [-0.4, -0.2) is 16.0 Å². The number of hydrogen-bond acceptors (Lipinski definition) is 5. The van der Waals surface area contributed by atoms with Crippen LogP contribution < -0.4 is 16.6 Å². The summed E-state index contributed by atoms with van der Waals surface area (Å²) in [5.74, 6) is 8.82. The molecule has 0 aliphatic heterocycles. The summed E-state index contributed by atoms with van der Waals surface area (Å²) in [6.07, 6.45) is 7.02. The Kier molecular flexibility index (Phi) is 2.63. The zero-order valence-corrected chi connectivity index (χ0v) is 10.1. The number of aromatic nitrogens is 2. The van der Waals surface area contributed by atoms with E-state index in [1.54, 1.807) is 6.33 Å². The smallest absolute Gasteiger partial charge is 0.148 e. The fourth-order valence-corrected chi connectivity index (χ4v) is 3.34. The molecule has 2 saturated carbocycles. The van der Waals surface area contributed by atoms with Gasteiger partial charge in [-0.3, -0.25) is 0 Å². The molecule has 3 atom stereocenters. The first-order chi connectivity index (χ1) is 8.28. The molecule has 5 nitrogen and oxygen atoms in total. The summed E-state index contributed by atoms with van der Waals surface area (Å²) in [5, 5.41) is 3.57. The van der Waals surface area contributed by atoms with Gasteiger partial charge in [-0.1, -0.05) is 6.42 Å². The third-order valence-corrected chi connectivity index (χ3v) is 4.28. The van der Waals surface area contributed by atoms with Crippen LogP contribution in [0, 0.1) is 18.8 Å². The van der Waals surface area contributed by atoms with Crippen molar-refractivity contribution in [2.45, 2.75) is 38.6 Å². The first-order valence-electron chi connectivity index (χ1n) is 6.32. The van der Waals surface area contributed by atoms with Gasteiger partial charge in [0.05, 0.1) is 0 Å². The number of rotatable bonds is 3. The molecular formula is C12H19N5. The highest BCUT2D eigenvalue weighted by molar-refractivity contribution is 5.56. The number of nitrogens with one attached hydrogen (secondary N) is 2. The summed E-state index contributed by atoms with van der Waals surface area (Å²) in [4.78, 5) is 8.41. The average molecular weight is 233 g/mol. The molecule has 0 spiro atoms. The van der Waals surface area contributed by atoms with Gasteiger partial charge in [0.1, 0.15) is 18.0 Å². The Morgan fingerprint density at radius 3 is 2.71 bits per heavy atom. The molecule has 0 radical (unpaired) electrons. The molecule has 0 saturated heterocycles. The Morgan fingerprint density at radius 2 is 2.06 bits per heavy atom. The van der Waals surface area contributed by atoms with E-state index in [4.69, 9.17) is 5.84 Å². The van der Waals surface area contributed by atoms with Crippen molar-refractivity contribution in [1.82, 2.24) is 9.97 Å². The van der Waals surface area contributed by atoms with Crippen molar-refractivity contribution in [2.24, 2.45) is 17.7 Å². The van der Waals surface area contributed by atoms with Gasteiger partial charge in [-0.25, -0.2) is 15.8 Å². The van der Waals surface area contributed by atoms with Crippen LogP contribution in [0.1, 0.15) is 31.2 Å². The van der Waals surface area contributed by atoms with E-state index in [2.05, 4.69) is 20.7 Å². The molecule has 2 bridgehead atoms. The summed E-state index contributed by atoms with van der Waals surface area (Å²) in [6, 6.07) is 0.591. The second-order valence-corrected chi connectivity index (χ2v) is 5.27. The number of hydrogen-bond donors (Lipinski definition) is 3. The lowest BCUT2D eigenvalue weighted by Gasteiger charge is -2.24. The number of hydrazine groups is 1. The van der Waals surface area contributed by atoms with Crippen molar-refractivity contribution in [3.63, 3.8) is 0 Å². The van der Waals surface area contributed by atoms with Crippen LogP contribution in [0.25, 0.3) is 0 Å². The first-order valence-corrected chi connectivity index (χ1v) is 6.32. The highest BCUT2D eigenvalue weighted by Gasteiger charge is 2.39. The topological polar surface area (TPSA) is 75.9 Å². The van der Waals surface area contributed by atoms with Crippen LogP contribution in [0.15, 0.2) is 6.33 Å². The van der Waals surface area contributed by atoms with E-state index >= 15 is 0 Å². The fraction of sp³-hybridized carbons (Fsp3) is 0.667. The van der Waals surface area contributed by atoms with Crippen LogP contribution in [0.3, 0.4) is 0 Å². The van der Waals surface area contributed by atoms with Gasteiger partial charge >= 0.3 is 0 Å². The number of fused-ring (bicyclic) bond motifs is 2. The largest absolute Gasteiger partial charge is 0.367 e. The highest BCUT2D eigenvalue weighted by atomic mass is 15.3. The third-order valence-electron chi connectivity index (χ3n) is 4.28. The normalized spacial score (nSPS) is 30.6. The van der Waals surface area contributed by atoms with Crippen molar-refractivity contribution in [1.29, 1.82) is 0 Å². The standard InChI is InChI=1S/C12H19N5/c1-7-11(14-6-15-12(7)17-13)16-10-5-8-2-3-9(10)4-8/h6,8-10H,2-5,13H2,1H3,(H2,14,15,16,17). The number of anilines is 2. The maximum Gasteiger partial charge on any atom is 0.148 e. The predicted octanol–water partition coefficient (Wildman–Crippen LogP) is 1.67. The summed E-state index contributed by atoms with van der Waals surface area (Å²) in [7, 11) is 0. The molecule has 2 fully saturated rings. The zero-order chi connectivity index (χ0) is 11.8. The van der Waals surface area contributed by atoms with Gasteiger partial charge in [0, 0.05) is 11.6 Å². The maximum atomic E-state index is 5.42. The third kappa shape index (κ3) is 1.84. The number of nitrogen functional groups attached to an aromatic ring is 1. The van der Waals surface area contributed by atoms with Crippen molar-refractivity contribution >= 4 is 11.6 Å². The zero-order valence-electron chi connectivity index (χ0n) is 10.1. The van der Waals surface area contributed by atoms with Crippen molar-refractivity contribution in [3.05, 3.63) is 11.9 Å². The molecule has 4 N–H and O–H groups in total. The Balaban J connectivity index is 1.77. The van der Waals surface area contributed by atoms with E-state index in [1.165, 1.54) is 25.7 Å². The van der Waals surface area contributed by atoms with Gasteiger partial charge in [-0.15, -0.1) is 0 Å². The minimum Gasteiger partial charge on any atom is -0.367 e. The summed E-state index contributed by atoms with van der Waals surface area (Å²) in [6.45, 7) is 1.99. The molecule has 1 aromatic heterocycles. The molecule has 5 heteroatoms. The van der Waals surface area contributed by atoms with Gasteiger partial charge in [0.2, 0.25) is 0 Å². The Hall–Kier alpha value is -1.36.